The van der Waals surface area contributed by atoms with Crippen LogP contribution < -0.4 is 5.32 Å². The number of hydrogen-bond donors (Lipinski definition) is 1. The Kier molecular flexibility index (Phi) is 6.01. The van der Waals surface area contributed by atoms with Crippen molar-refractivity contribution in [2.45, 2.75) is 33.1 Å². The van der Waals surface area contributed by atoms with Gasteiger partial charge in [-0.15, -0.1) is 0 Å². The van der Waals surface area contributed by atoms with E-state index in [-0.39, 0.29) is 11.9 Å². The Morgan fingerprint density at radius 3 is 2.65 bits per heavy atom. The molecule has 0 bridgehead atoms. The predicted octanol–water partition coefficient (Wildman–Crippen LogP) is 1.29. The second kappa shape index (κ2) is 7.99. The van der Waals surface area contributed by atoms with Crippen LogP contribution in [0.25, 0.3) is 0 Å². The van der Waals surface area contributed by atoms with E-state index >= 15 is 0 Å². The van der Waals surface area contributed by atoms with E-state index in [9.17, 15) is 4.79 Å². The molecule has 1 N–H and O–H groups in total. The third-order valence-electron chi connectivity index (χ3n) is 4.38. The summed E-state index contributed by atoms with van der Waals surface area (Å²) in [5, 5.41) is 7.35. The SMILES string of the molecule is CN=C(NCCc1c(C)noc1C)N1CCC(C(=O)OC)CC1. The van der Waals surface area contributed by atoms with Crippen LogP contribution in [0.15, 0.2) is 9.52 Å². The van der Waals surface area contributed by atoms with E-state index in [0.29, 0.717) is 0 Å². The lowest BCUT2D eigenvalue weighted by atomic mass is 9.97. The highest BCUT2D eigenvalue weighted by atomic mass is 16.5. The molecule has 0 atom stereocenters. The van der Waals surface area contributed by atoms with Gasteiger partial charge in [0.1, 0.15) is 5.76 Å². The first-order chi connectivity index (χ1) is 11.1. The van der Waals surface area contributed by atoms with Gasteiger partial charge in [0, 0.05) is 32.2 Å². The molecule has 0 aromatic carbocycles. The molecular weight excluding hydrogens is 296 g/mol. The highest BCUT2D eigenvalue weighted by Crippen LogP contribution is 2.18. The van der Waals surface area contributed by atoms with Gasteiger partial charge in [-0.1, -0.05) is 5.16 Å². The first-order valence-electron chi connectivity index (χ1n) is 8.02. The fourth-order valence-corrected chi connectivity index (χ4v) is 2.98. The molecule has 1 aliphatic heterocycles. The van der Waals surface area contributed by atoms with Gasteiger partial charge in [-0.2, -0.15) is 0 Å². The molecule has 0 radical (unpaired) electrons. The zero-order valence-electron chi connectivity index (χ0n) is 14.4. The van der Waals surface area contributed by atoms with Crippen LogP contribution in [-0.2, 0) is 16.0 Å². The van der Waals surface area contributed by atoms with Crippen LogP contribution in [-0.4, -0.2) is 55.8 Å². The first-order valence-corrected chi connectivity index (χ1v) is 8.02. The summed E-state index contributed by atoms with van der Waals surface area (Å²) < 4.78 is 10.0. The fraction of sp³-hybridized carbons (Fsp3) is 0.688. The van der Waals surface area contributed by atoms with Gasteiger partial charge < -0.3 is 19.5 Å². The Morgan fingerprint density at radius 2 is 2.13 bits per heavy atom. The summed E-state index contributed by atoms with van der Waals surface area (Å²) in [5.41, 5.74) is 2.09. The Balaban J connectivity index is 1.81. The molecule has 2 heterocycles. The maximum atomic E-state index is 11.6. The van der Waals surface area contributed by atoms with Crippen LogP contribution in [0.4, 0.5) is 0 Å². The number of aliphatic imine (C=N–C) groups is 1. The number of hydrogen-bond acceptors (Lipinski definition) is 5. The smallest absolute Gasteiger partial charge is 0.308 e. The number of rotatable bonds is 4. The molecule has 1 aliphatic rings. The summed E-state index contributed by atoms with van der Waals surface area (Å²) in [6.07, 6.45) is 2.45. The summed E-state index contributed by atoms with van der Waals surface area (Å²) in [5.74, 6) is 1.65. The van der Waals surface area contributed by atoms with Crippen molar-refractivity contribution in [3.8, 4) is 0 Å². The van der Waals surface area contributed by atoms with E-state index in [2.05, 4.69) is 20.4 Å². The van der Waals surface area contributed by atoms with Gasteiger partial charge in [-0.05, 0) is 33.1 Å². The molecule has 23 heavy (non-hydrogen) atoms. The van der Waals surface area contributed by atoms with Crippen LogP contribution in [0.1, 0.15) is 29.9 Å². The number of methoxy groups -OCH3 is 1. The molecule has 2 rings (SSSR count). The van der Waals surface area contributed by atoms with Crippen molar-refractivity contribution in [1.82, 2.24) is 15.4 Å². The average molecular weight is 322 g/mol. The summed E-state index contributed by atoms with van der Waals surface area (Å²) in [6, 6.07) is 0. The summed E-state index contributed by atoms with van der Waals surface area (Å²) in [7, 11) is 3.23. The van der Waals surface area contributed by atoms with Crippen molar-refractivity contribution in [1.29, 1.82) is 0 Å². The molecular formula is C16H26N4O3. The Bertz CT molecular complexity index is 540. The Hall–Kier alpha value is -2.05. The quantitative estimate of drug-likeness (QED) is 0.511. The summed E-state index contributed by atoms with van der Waals surface area (Å²) in [6.45, 7) is 6.28. The number of likely N-dealkylation sites (tertiary alicyclic amines) is 1. The van der Waals surface area contributed by atoms with Crippen LogP contribution in [0.2, 0.25) is 0 Å². The Labute approximate surface area is 137 Å². The summed E-state index contributed by atoms with van der Waals surface area (Å²) in [4.78, 5) is 18.1. The molecule has 0 spiro atoms. The number of aromatic nitrogens is 1. The molecule has 1 aromatic rings. The molecule has 7 heteroatoms. The number of esters is 1. The van der Waals surface area contributed by atoms with E-state index in [1.807, 2.05) is 13.8 Å². The maximum Gasteiger partial charge on any atom is 0.308 e. The zero-order valence-corrected chi connectivity index (χ0v) is 14.4. The van der Waals surface area contributed by atoms with Crippen LogP contribution in [0.3, 0.4) is 0 Å². The lowest BCUT2D eigenvalue weighted by Gasteiger charge is -2.33. The third kappa shape index (κ3) is 4.24. The van der Waals surface area contributed by atoms with E-state index in [1.54, 1.807) is 7.05 Å². The van der Waals surface area contributed by atoms with Crippen molar-refractivity contribution in [2.75, 3.05) is 33.8 Å². The number of piperidine rings is 1. The number of ether oxygens (including phenoxy) is 1. The number of carbonyl (C=O) groups is 1. The van der Waals surface area contributed by atoms with Crippen LogP contribution >= 0.6 is 0 Å². The zero-order chi connectivity index (χ0) is 16.8. The standard InChI is InChI=1S/C16H26N4O3/c1-11-14(12(2)23-19-11)5-8-18-16(17-3)20-9-6-13(7-10-20)15(21)22-4/h13H,5-10H2,1-4H3,(H,17,18). The maximum absolute atomic E-state index is 11.6. The van der Waals surface area contributed by atoms with Gasteiger partial charge in [0.25, 0.3) is 0 Å². The molecule has 1 fully saturated rings. The van der Waals surface area contributed by atoms with Gasteiger partial charge in [0.15, 0.2) is 5.96 Å². The monoisotopic (exact) mass is 322 g/mol. The first kappa shape index (κ1) is 17.3. The predicted molar refractivity (Wildman–Crippen MR) is 87.4 cm³/mol. The molecule has 0 amide bonds. The van der Waals surface area contributed by atoms with E-state index in [1.165, 1.54) is 7.11 Å². The largest absolute Gasteiger partial charge is 0.469 e. The van der Waals surface area contributed by atoms with E-state index < -0.39 is 0 Å². The minimum atomic E-state index is -0.106. The molecule has 1 saturated heterocycles. The van der Waals surface area contributed by atoms with Crippen molar-refractivity contribution in [3.05, 3.63) is 17.0 Å². The number of guanidine groups is 1. The second-order valence-corrected chi connectivity index (χ2v) is 5.81. The van der Waals surface area contributed by atoms with Gasteiger partial charge >= 0.3 is 5.97 Å². The highest BCUT2D eigenvalue weighted by Gasteiger charge is 2.26. The molecule has 0 saturated carbocycles. The topological polar surface area (TPSA) is 80.0 Å². The molecule has 0 unspecified atom stereocenters. The van der Waals surface area contributed by atoms with Crippen molar-refractivity contribution in [3.63, 3.8) is 0 Å². The molecule has 0 aliphatic carbocycles. The highest BCUT2D eigenvalue weighted by molar-refractivity contribution is 5.80. The van der Waals surface area contributed by atoms with Crippen molar-refractivity contribution < 1.29 is 14.1 Å². The molecule has 7 nitrogen and oxygen atoms in total. The lowest BCUT2D eigenvalue weighted by molar-refractivity contribution is -0.146. The fourth-order valence-electron chi connectivity index (χ4n) is 2.98. The number of carbonyl (C=O) groups excluding carboxylic acids is 1. The molecule has 1 aromatic heterocycles. The normalized spacial score (nSPS) is 16.5. The third-order valence-corrected chi connectivity index (χ3v) is 4.38. The van der Waals surface area contributed by atoms with Gasteiger partial charge in [-0.3, -0.25) is 9.79 Å². The minimum absolute atomic E-state index is 0.0108. The Morgan fingerprint density at radius 1 is 1.43 bits per heavy atom. The van der Waals surface area contributed by atoms with Crippen molar-refractivity contribution >= 4 is 11.9 Å². The van der Waals surface area contributed by atoms with E-state index in [0.717, 1.165) is 61.9 Å². The minimum Gasteiger partial charge on any atom is -0.469 e. The van der Waals surface area contributed by atoms with Crippen molar-refractivity contribution in [2.24, 2.45) is 10.9 Å². The van der Waals surface area contributed by atoms with Gasteiger partial charge in [0.05, 0.1) is 18.7 Å². The molecule has 128 valence electrons. The van der Waals surface area contributed by atoms with Gasteiger partial charge in [0.2, 0.25) is 0 Å². The van der Waals surface area contributed by atoms with Gasteiger partial charge in [-0.25, -0.2) is 0 Å². The van der Waals surface area contributed by atoms with Crippen LogP contribution in [0.5, 0.6) is 0 Å². The number of nitrogens with one attached hydrogen (secondary N) is 1. The van der Waals surface area contributed by atoms with Crippen LogP contribution in [0, 0.1) is 19.8 Å². The summed E-state index contributed by atoms with van der Waals surface area (Å²) >= 11 is 0. The number of nitrogens with zero attached hydrogens (tertiary/aromatic N) is 3. The van der Waals surface area contributed by atoms with E-state index in [4.69, 9.17) is 9.26 Å². The number of aryl methyl sites for hydroxylation is 2. The second-order valence-electron chi connectivity index (χ2n) is 5.81. The average Bonchev–Trinajstić information content (AvgIpc) is 2.90. The lowest BCUT2D eigenvalue weighted by Crippen LogP contribution is -2.47.